The number of aromatic nitrogens is 1. The van der Waals surface area contributed by atoms with Crippen molar-refractivity contribution in [2.24, 2.45) is 5.10 Å². The number of carbonyl (C=O) groups is 1. The number of nitrogens with one attached hydrogen (secondary N) is 1. The molecule has 1 N–H and O–H groups in total. The molecule has 3 aromatic rings. The van der Waals surface area contributed by atoms with Crippen molar-refractivity contribution in [3.05, 3.63) is 66.1 Å². The van der Waals surface area contributed by atoms with Crippen LogP contribution in [0.1, 0.15) is 16.2 Å². The molecule has 3 rings (SSSR count). The number of oxazole rings is 1. The molecule has 0 saturated carbocycles. The highest BCUT2D eigenvalue weighted by Gasteiger charge is 2.12. The van der Waals surface area contributed by atoms with E-state index in [1.807, 2.05) is 42.5 Å². The molecule has 98 valence electrons. The van der Waals surface area contributed by atoms with Gasteiger partial charge in [0.1, 0.15) is 5.52 Å². The third-order valence-electron chi connectivity index (χ3n) is 2.67. The number of hydrogen-bond acceptors (Lipinski definition) is 4. The molecular formula is C15H11N3O2. The zero-order valence-corrected chi connectivity index (χ0v) is 10.5. The van der Waals surface area contributed by atoms with Gasteiger partial charge < -0.3 is 4.42 Å². The van der Waals surface area contributed by atoms with Crippen LogP contribution in [0.4, 0.5) is 0 Å². The molecule has 0 fully saturated rings. The smallest absolute Gasteiger partial charge is 0.327 e. The first-order valence-electron chi connectivity index (χ1n) is 6.07. The standard InChI is InChI=1S/C15H11N3O2/c19-14(18-16-10-11-6-2-1-3-7-11)15-17-12-8-4-5-9-13(12)20-15/h1-10H,(H,18,19). The number of para-hydroxylation sites is 2. The molecule has 2 aromatic carbocycles. The lowest BCUT2D eigenvalue weighted by Crippen LogP contribution is -2.17. The summed E-state index contributed by atoms with van der Waals surface area (Å²) >= 11 is 0. The molecule has 0 aliphatic heterocycles. The van der Waals surface area contributed by atoms with Gasteiger partial charge >= 0.3 is 5.91 Å². The van der Waals surface area contributed by atoms with Crippen molar-refractivity contribution >= 4 is 23.2 Å². The van der Waals surface area contributed by atoms with Crippen molar-refractivity contribution < 1.29 is 9.21 Å². The second kappa shape index (κ2) is 5.36. The monoisotopic (exact) mass is 265 g/mol. The molecule has 1 aromatic heterocycles. The van der Waals surface area contributed by atoms with Gasteiger partial charge in [-0.3, -0.25) is 4.79 Å². The fraction of sp³-hybridized carbons (Fsp3) is 0. The second-order valence-corrected chi connectivity index (χ2v) is 4.10. The van der Waals surface area contributed by atoms with Crippen molar-refractivity contribution in [3.63, 3.8) is 0 Å². The Labute approximate surface area is 114 Å². The van der Waals surface area contributed by atoms with Crippen LogP contribution < -0.4 is 5.43 Å². The van der Waals surface area contributed by atoms with E-state index in [4.69, 9.17) is 4.42 Å². The largest absolute Gasteiger partial charge is 0.432 e. The lowest BCUT2D eigenvalue weighted by Gasteiger charge is -1.94. The van der Waals surface area contributed by atoms with Gasteiger partial charge in [-0.05, 0) is 17.7 Å². The molecule has 20 heavy (non-hydrogen) atoms. The topological polar surface area (TPSA) is 67.5 Å². The summed E-state index contributed by atoms with van der Waals surface area (Å²) in [7, 11) is 0. The van der Waals surface area contributed by atoms with Crippen LogP contribution in [0.15, 0.2) is 64.1 Å². The Balaban J connectivity index is 1.71. The van der Waals surface area contributed by atoms with E-state index in [1.54, 1.807) is 18.3 Å². The van der Waals surface area contributed by atoms with Crippen LogP contribution in [0.2, 0.25) is 0 Å². The molecular weight excluding hydrogens is 254 g/mol. The minimum atomic E-state index is -0.478. The SMILES string of the molecule is O=C(NN=Cc1ccccc1)c1nc2ccccc2o1. The van der Waals surface area contributed by atoms with Gasteiger partial charge in [0.05, 0.1) is 6.21 Å². The molecule has 0 radical (unpaired) electrons. The van der Waals surface area contributed by atoms with E-state index < -0.39 is 5.91 Å². The lowest BCUT2D eigenvalue weighted by molar-refractivity contribution is 0.0923. The molecule has 1 amide bonds. The first-order chi connectivity index (χ1) is 9.83. The maximum atomic E-state index is 11.8. The quantitative estimate of drug-likeness (QED) is 0.584. The third-order valence-corrected chi connectivity index (χ3v) is 2.67. The average molecular weight is 265 g/mol. The van der Waals surface area contributed by atoms with Gasteiger partial charge in [-0.2, -0.15) is 5.10 Å². The van der Waals surface area contributed by atoms with E-state index in [-0.39, 0.29) is 5.89 Å². The van der Waals surface area contributed by atoms with Crippen molar-refractivity contribution in [3.8, 4) is 0 Å². The first-order valence-corrected chi connectivity index (χ1v) is 6.07. The van der Waals surface area contributed by atoms with E-state index in [9.17, 15) is 4.79 Å². The molecule has 0 bridgehead atoms. The summed E-state index contributed by atoms with van der Waals surface area (Å²) in [6, 6.07) is 16.7. The average Bonchev–Trinajstić information content (AvgIpc) is 2.92. The van der Waals surface area contributed by atoms with E-state index >= 15 is 0 Å². The molecule has 5 nitrogen and oxygen atoms in total. The molecule has 0 spiro atoms. The van der Waals surface area contributed by atoms with Crippen molar-refractivity contribution in [2.75, 3.05) is 0 Å². The molecule has 0 aliphatic rings. The Morgan fingerprint density at radius 1 is 1.10 bits per heavy atom. The summed E-state index contributed by atoms with van der Waals surface area (Å²) in [5, 5.41) is 3.86. The number of nitrogens with zero attached hydrogens (tertiary/aromatic N) is 2. The molecule has 1 heterocycles. The van der Waals surface area contributed by atoms with E-state index in [2.05, 4.69) is 15.5 Å². The fourth-order valence-corrected chi connectivity index (χ4v) is 1.72. The van der Waals surface area contributed by atoms with Gasteiger partial charge in [-0.25, -0.2) is 10.4 Å². The number of benzene rings is 2. The van der Waals surface area contributed by atoms with E-state index in [0.717, 1.165) is 5.56 Å². The number of carbonyl (C=O) groups excluding carboxylic acids is 1. The molecule has 0 aliphatic carbocycles. The number of hydrogen-bond donors (Lipinski definition) is 1. The van der Waals surface area contributed by atoms with Crippen molar-refractivity contribution in [2.45, 2.75) is 0 Å². The number of amides is 1. The van der Waals surface area contributed by atoms with Crippen LogP contribution in [-0.2, 0) is 0 Å². The maximum absolute atomic E-state index is 11.8. The zero-order valence-electron chi connectivity index (χ0n) is 10.5. The molecule has 0 saturated heterocycles. The highest BCUT2D eigenvalue weighted by Crippen LogP contribution is 2.14. The van der Waals surface area contributed by atoms with E-state index in [0.29, 0.717) is 11.1 Å². The van der Waals surface area contributed by atoms with Gasteiger partial charge in [-0.1, -0.05) is 42.5 Å². The van der Waals surface area contributed by atoms with Crippen LogP contribution in [0.25, 0.3) is 11.1 Å². The Kier molecular flexibility index (Phi) is 3.24. The Bertz CT molecular complexity index is 730. The number of hydrazone groups is 1. The Morgan fingerprint density at radius 3 is 2.65 bits per heavy atom. The third kappa shape index (κ3) is 2.56. The van der Waals surface area contributed by atoms with Crippen molar-refractivity contribution in [1.82, 2.24) is 10.4 Å². The van der Waals surface area contributed by atoms with Gasteiger partial charge in [0.15, 0.2) is 5.58 Å². The normalized spacial score (nSPS) is 11.0. The number of rotatable bonds is 3. The van der Waals surface area contributed by atoms with Gasteiger partial charge in [-0.15, -0.1) is 0 Å². The van der Waals surface area contributed by atoms with Crippen molar-refractivity contribution in [1.29, 1.82) is 0 Å². The lowest BCUT2D eigenvalue weighted by atomic mass is 10.2. The number of fused-ring (bicyclic) bond motifs is 1. The molecule has 0 unspecified atom stereocenters. The summed E-state index contributed by atoms with van der Waals surface area (Å²) in [4.78, 5) is 15.9. The first kappa shape index (κ1) is 12.1. The predicted octanol–water partition coefficient (Wildman–Crippen LogP) is 2.59. The predicted molar refractivity (Wildman–Crippen MR) is 75.5 cm³/mol. The van der Waals surface area contributed by atoms with Gasteiger partial charge in [0.25, 0.3) is 5.89 Å². The summed E-state index contributed by atoms with van der Waals surface area (Å²) in [5.41, 5.74) is 4.49. The molecule has 0 atom stereocenters. The van der Waals surface area contributed by atoms with Crippen LogP contribution >= 0.6 is 0 Å². The Hall–Kier alpha value is -2.95. The van der Waals surface area contributed by atoms with Crippen LogP contribution in [-0.4, -0.2) is 17.1 Å². The van der Waals surface area contributed by atoms with Crippen LogP contribution in [0, 0.1) is 0 Å². The van der Waals surface area contributed by atoms with Crippen LogP contribution in [0.5, 0.6) is 0 Å². The minimum Gasteiger partial charge on any atom is -0.432 e. The summed E-state index contributed by atoms with van der Waals surface area (Å²) < 4.78 is 5.34. The van der Waals surface area contributed by atoms with Gasteiger partial charge in [0.2, 0.25) is 0 Å². The Morgan fingerprint density at radius 2 is 1.85 bits per heavy atom. The maximum Gasteiger partial charge on any atom is 0.327 e. The summed E-state index contributed by atoms with van der Waals surface area (Å²) in [6.45, 7) is 0. The zero-order chi connectivity index (χ0) is 13.8. The highest BCUT2D eigenvalue weighted by atomic mass is 16.4. The van der Waals surface area contributed by atoms with E-state index in [1.165, 1.54) is 0 Å². The summed E-state index contributed by atoms with van der Waals surface area (Å²) in [5.74, 6) is -0.482. The van der Waals surface area contributed by atoms with Crippen LogP contribution in [0.3, 0.4) is 0 Å². The minimum absolute atomic E-state index is 0.00332. The molecule has 5 heteroatoms. The fourth-order valence-electron chi connectivity index (χ4n) is 1.72. The summed E-state index contributed by atoms with van der Waals surface area (Å²) in [6.07, 6.45) is 1.56. The van der Waals surface area contributed by atoms with Gasteiger partial charge in [0, 0.05) is 0 Å². The second-order valence-electron chi connectivity index (χ2n) is 4.10. The highest BCUT2D eigenvalue weighted by molar-refractivity contribution is 5.93.